The normalized spacial score (nSPS) is 26.9. The minimum atomic E-state index is -0.728. The molecule has 1 atom stereocenters. The van der Waals surface area contributed by atoms with Gasteiger partial charge in [-0.1, -0.05) is 6.08 Å². The fourth-order valence-electron chi connectivity index (χ4n) is 1.94. The summed E-state index contributed by atoms with van der Waals surface area (Å²) in [5, 5.41) is 12.3. The fraction of sp³-hybridized carbons (Fsp3) is 0.727. The number of hydrogen-bond donors (Lipinski definition) is 2. The van der Waals surface area contributed by atoms with Gasteiger partial charge in [-0.15, -0.1) is 6.58 Å². The second kappa shape index (κ2) is 4.77. The van der Waals surface area contributed by atoms with Crippen molar-refractivity contribution in [2.24, 2.45) is 5.92 Å². The minimum absolute atomic E-state index is 0.0345. The van der Waals surface area contributed by atoms with Crippen molar-refractivity contribution in [1.82, 2.24) is 10.2 Å². The zero-order chi connectivity index (χ0) is 11.5. The third-order valence-electron chi connectivity index (χ3n) is 2.66. The molecule has 0 amide bonds. The van der Waals surface area contributed by atoms with Crippen LogP contribution in [0.4, 0.5) is 0 Å². The molecule has 0 aliphatic carbocycles. The lowest BCUT2D eigenvalue weighted by Crippen LogP contribution is -2.46. The summed E-state index contributed by atoms with van der Waals surface area (Å²) in [6, 6.07) is 0. The predicted molar refractivity (Wildman–Crippen MR) is 59.8 cm³/mol. The van der Waals surface area contributed by atoms with E-state index in [9.17, 15) is 4.79 Å². The molecule has 1 aliphatic heterocycles. The zero-order valence-corrected chi connectivity index (χ0v) is 9.49. The molecule has 4 heteroatoms. The first kappa shape index (κ1) is 12.2. The van der Waals surface area contributed by atoms with Crippen molar-refractivity contribution in [2.45, 2.75) is 19.4 Å². The Morgan fingerprint density at radius 1 is 1.73 bits per heavy atom. The van der Waals surface area contributed by atoms with Crippen molar-refractivity contribution in [3.05, 3.63) is 12.7 Å². The Bertz CT molecular complexity index is 251. The molecule has 1 unspecified atom stereocenters. The van der Waals surface area contributed by atoms with Crippen LogP contribution in [0.1, 0.15) is 13.8 Å². The molecule has 2 N–H and O–H groups in total. The summed E-state index contributed by atoms with van der Waals surface area (Å²) in [5.74, 6) is -1.05. The predicted octanol–water partition coefficient (Wildman–Crippen LogP) is 0.557. The van der Waals surface area contributed by atoms with Gasteiger partial charge in [0.05, 0.1) is 5.92 Å². The first-order valence-electron chi connectivity index (χ1n) is 5.26. The van der Waals surface area contributed by atoms with Gasteiger partial charge in [0.15, 0.2) is 0 Å². The van der Waals surface area contributed by atoms with Crippen LogP contribution in [0.2, 0.25) is 0 Å². The number of nitrogens with zero attached hydrogens (tertiary/aromatic N) is 1. The first-order valence-corrected chi connectivity index (χ1v) is 5.26. The van der Waals surface area contributed by atoms with Gasteiger partial charge in [0.25, 0.3) is 0 Å². The maximum atomic E-state index is 11.0. The number of carbonyl (C=O) groups is 1. The van der Waals surface area contributed by atoms with Crippen LogP contribution in [0, 0.1) is 5.92 Å². The summed E-state index contributed by atoms with van der Waals surface area (Å²) in [5.41, 5.74) is -0.0345. The number of aliphatic carboxylic acids is 1. The van der Waals surface area contributed by atoms with Crippen LogP contribution >= 0.6 is 0 Å². The summed E-state index contributed by atoms with van der Waals surface area (Å²) < 4.78 is 0. The molecule has 0 spiro atoms. The van der Waals surface area contributed by atoms with Gasteiger partial charge in [-0.3, -0.25) is 9.69 Å². The highest BCUT2D eigenvalue weighted by molar-refractivity contribution is 5.70. The van der Waals surface area contributed by atoms with E-state index in [0.29, 0.717) is 13.1 Å². The van der Waals surface area contributed by atoms with Gasteiger partial charge in [0, 0.05) is 31.7 Å². The molecular formula is C11H20N2O2. The first-order chi connectivity index (χ1) is 6.94. The number of hydrogen-bond acceptors (Lipinski definition) is 3. The quantitative estimate of drug-likeness (QED) is 0.671. The van der Waals surface area contributed by atoms with Gasteiger partial charge in [0.1, 0.15) is 0 Å². The van der Waals surface area contributed by atoms with Crippen molar-refractivity contribution < 1.29 is 9.90 Å². The summed E-state index contributed by atoms with van der Waals surface area (Å²) in [6.45, 7) is 10.6. The van der Waals surface area contributed by atoms with Crippen LogP contribution < -0.4 is 5.32 Å². The second-order valence-corrected chi connectivity index (χ2v) is 4.78. The summed E-state index contributed by atoms with van der Waals surface area (Å²) in [4.78, 5) is 13.1. The molecule has 1 heterocycles. The van der Waals surface area contributed by atoms with Crippen LogP contribution in [0.3, 0.4) is 0 Å². The molecule has 4 nitrogen and oxygen atoms in total. The van der Waals surface area contributed by atoms with Crippen molar-refractivity contribution in [1.29, 1.82) is 0 Å². The third-order valence-corrected chi connectivity index (χ3v) is 2.66. The number of rotatable bonds is 3. The summed E-state index contributed by atoms with van der Waals surface area (Å²) >= 11 is 0. The molecular weight excluding hydrogens is 192 g/mol. The highest BCUT2D eigenvalue weighted by atomic mass is 16.4. The standard InChI is InChI=1S/C11H20N2O2/c1-4-5-13-7-9(10(14)15)6-12-11(2,3)8-13/h4,9,12H,1,5-8H2,2-3H3,(H,14,15). The average Bonchev–Trinajstić information content (AvgIpc) is 2.24. The highest BCUT2D eigenvalue weighted by Crippen LogP contribution is 2.13. The average molecular weight is 212 g/mol. The molecule has 0 aromatic carbocycles. The largest absolute Gasteiger partial charge is 0.481 e. The third kappa shape index (κ3) is 3.64. The maximum Gasteiger partial charge on any atom is 0.309 e. The van der Waals surface area contributed by atoms with Crippen LogP contribution in [-0.2, 0) is 4.79 Å². The fourth-order valence-corrected chi connectivity index (χ4v) is 1.94. The molecule has 1 rings (SSSR count). The second-order valence-electron chi connectivity index (χ2n) is 4.78. The molecule has 1 fully saturated rings. The summed E-state index contributed by atoms with van der Waals surface area (Å²) in [7, 11) is 0. The molecule has 0 saturated carbocycles. The van der Waals surface area contributed by atoms with Gasteiger partial charge in [-0.25, -0.2) is 0 Å². The molecule has 86 valence electrons. The monoisotopic (exact) mass is 212 g/mol. The number of carboxylic acid groups (broad SMARTS) is 1. The minimum Gasteiger partial charge on any atom is -0.481 e. The van der Waals surface area contributed by atoms with Crippen LogP contribution in [0.5, 0.6) is 0 Å². The Balaban J connectivity index is 2.70. The van der Waals surface area contributed by atoms with Gasteiger partial charge in [-0.05, 0) is 13.8 Å². The lowest BCUT2D eigenvalue weighted by Gasteiger charge is -2.29. The Morgan fingerprint density at radius 3 is 2.93 bits per heavy atom. The van der Waals surface area contributed by atoms with Crippen LogP contribution in [0.15, 0.2) is 12.7 Å². The number of carboxylic acids is 1. The van der Waals surface area contributed by atoms with Gasteiger partial charge in [-0.2, -0.15) is 0 Å². The van der Waals surface area contributed by atoms with Crippen LogP contribution in [-0.4, -0.2) is 47.7 Å². The molecule has 1 aliphatic rings. The highest BCUT2D eigenvalue weighted by Gasteiger charge is 2.30. The molecule has 0 aromatic heterocycles. The number of nitrogens with one attached hydrogen (secondary N) is 1. The Kier molecular flexibility index (Phi) is 3.88. The lowest BCUT2D eigenvalue weighted by atomic mass is 10.1. The molecule has 0 radical (unpaired) electrons. The smallest absolute Gasteiger partial charge is 0.309 e. The Morgan fingerprint density at radius 2 is 2.40 bits per heavy atom. The van der Waals surface area contributed by atoms with Crippen molar-refractivity contribution in [3.8, 4) is 0 Å². The van der Waals surface area contributed by atoms with Crippen molar-refractivity contribution in [2.75, 3.05) is 26.2 Å². The van der Waals surface area contributed by atoms with E-state index in [-0.39, 0.29) is 11.5 Å². The molecule has 0 aromatic rings. The van der Waals surface area contributed by atoms with Crippen LogP contribution in [0.25, 0.3) is 0 Å². The maximum absolute atomic E-state index is 11.0. The van der Waals surface area contributed by atoms with Gasteiger partial charge < -0.3 is 10.4 Å². The van der Waals surface area contributed by atoms with E-state index in [1.54, 1.807) is 0 Å². The van der Waals surface area contributed by atoms with E-state index >= 15 is 0 Å². The zero-order valence-electron chi connectivity index (χ0n) is 9.49. The van der Waals surface area contributed by atoms with Gasteiger partial charge in [0.2, 0.25) is 0 Å². The van der Waals surface area contributed by atoms with E-state index in [2.05, 4.69) is 30.6 Å². The molecule has 1 saturated heterocycles. The Hall–Kier alpha value is -0.870. The van der Waals surface area contributed by atoms with Crippen molar-refractivity contribution >= 4 is 5.97 Å². The van der Waals surface area contributed by atoms with E-state index in [1.807, 2.05) is 6.08 Å². The van der Waals surface area contributed by atoms with Gasteiger partial charge >= 0.3 is 5.97 Å². The topological polar surface area (TPSA) is 52.6 Å². The van der Waals surface area contributed by atoms with E-state index in [4.69, 9.17) is 5.11 Å². The molecule has 15 heavy (non-hydrogen) atoms. The van der Waals surface area contributed by atoms with E-state index in [1.165, 1.54) is 0 Å². The molecule has 0 bridgehead atoms. The van der Waals surface area contributed by atoms with E-state index in [0.717, 1.165) is 13.1 Å². The SMILES string of the molecule is C=CCN1CC(C(=O)O)CNC(C)(C)C1. The Labute approximate surface area is 91.0 Å². The summed E-state index contributed by atoms with van der Waals surface area (Å²) in [6.07, 6.45) is 1.82. The van der Waals surface area contributed by atoms with Crippen molar-refractivity contribution in [3.63, 3.8) is 0 Å². The lowest BCUT2D eigenvalue weighted by molar-refractivity contribution is -0.141. The van der Waals surface area contributed by atoms with E-state index < -0.39 is 5.97 Å².